The highest BCUT2D eigenvalue weighted by atomic mass is 35.5. The summed E-state index contributed by atoms with van der Waals surface area (Å²) in [6.45, 7) is 0.176. The predicted molar refractivity (Wildman–Crippen MR) is 94.1 cm³/mol. The number of hydrogen-bond acceptors (Lipinski definition) is 4. The average molecular weight is 368 g/mol. The fourth-order valence-corrected chi connectivity index (χ4v) is 2.38. The Hall–Kier alpha value is -2.44. The van der Waals surface area contributed by atoms with Gasteiger partial charge < -0.3 is 15.2 Å². The Bertz CT molecular complexity index is 746. The molecular weight excluding hydrogens is 353 g/mol. The summed E-state index contributed by atoms with van der Waals surface area (Å²) in [5.74, 6) is 1.02. The number of nitrogens with one attached hydrogen (secondary N) is 1. The van der Waals surface area contributed by atoms with Crippen molar-refractivity contribution in [2.24, 2.45) is 10.8 Å². The maximum atomic E-state index is 10.6. The van der Waals surface area contributed by atoms with Crippen LogP contribution in [-0.4, -0.2) is 19.4 Å². The summed E-state index contributed by atoms with van der Waals surface area (Å²) in [5.41, 5.74) is 8.42. The Morgan fingerprint density at radius 3 is 2.58 bits per heavy atom. The van der Waals surface area contributed by atoms with Gasteiger partial charge in [-0.05, 0) is 35.9 Å². The highest BCUT2D eigenvalue weighted by Crippen LogP contribution is 2.31. The van der Waals surface area contributed by atoms with Gasteiger partial charge in [-0.1, -0.05) is 29.3 Å². The molecule has 3 N–H and O–H groups in total. The molecule has 0 aliphatic rings. The van der Waals surface area contributed by atoms with Crippen LogP contribution in [0.2, 0.25) is 10.0 Å². The van der Waals surface area contributed by atoms with Crippen LogP contribution in [0.15, 0.2) is 41.5 Å². The summed E-state index contributed by atoms with van der Waals surface area (Å²) < 4.78 is 11.0. The average Bonchev–Trinajstić information content (AvgIpc) is 2.54. The van der Waals surface area contributed by atoms with E-state index in [-0.39, 0.29) is 6.61 Å². The fraction of sp³-hybridized carbons (Fsp3) is 0.125. The first-order valence-electron chi connectivity index (χ1n) is 6.83. The zero-order chi connectivity index (χ0) is 17.5. The summed E-state index contributed by atoms with van der Waals surface area (Å²) in [4.78, 5) is 10.6. The third-order valence-electron chi connectivity index (χ3n) is 3.01. The fourth-order valence-electron chi connectivity index (χ4n) is 1.88. The van der Waals surface area contributed by atoms with E-state index in [2.05, 4.69) is 10.5 Å². The molecule has 2 aromatic carbocycles. The number of urea groups is 1. The van der Waals surface area contributed by atoms with Crippen molar-refractivity contribution in [3.63, 3.8) is 0 Å². The van der Waals surface area contributed by atoms with Crippen LogP contribution < -0.4 is 20.6 Å². The zero-order valence-electron chi connectivity index (χ0n) is 12.8. The number of hydrogen-bond donors (Lipinski definition) is 2. The Morgan fingerprint density at radius 1 is 1.25 bits per heavy atom. The second-order valence-electron chi connectivity index (χ2n) is 4.63. The van der Waals surface area contributed by atoms with E-state index in [0.717, 1.165) is 0 Å². The third-order valence-corrected chi connectivity index (χ3v) is 3.72. The minimum absolute atomic E-state index is 0.176. The first-order chi connectivity index (χ1) is 11.5. The van der Waals surface area contributed by atoms with Gasteiger partial charge in [0.05, 0.1) is 13.3 Å². The Kier molecular flexibility index (Phi) is 6.28. The van der Waals surface area contributed by atoms with E-state index >= 15 is 0 Å². The molecule has 24 heavy (non-hydrogen) atoms. The van der Waals surface area contributed by atoms with Gasteiger partial charge in [-0.3, -0.25) is 0 Å². The molecule has 0 fully saturated rings. The highest BCUT2D eigenvalue weighted by molar-refractivity contribution is 6.35. The second-order valence-corrected chi connectivity index (χ2v) is 5.45. The minimum Gasteiger partial charge on any atom is -0.493 e. The van der Waals surface area contributed by atoms with Gasteiger partial charge in [-0.2, -0.15) is 5.10 Å². The molecule has 8 heteroatoms. The largest absolute Gasteiger partial charge is 0.493 e. The lowest BCUT2D eigenvalue weighted by Gasteiger charge is -2.13. The number of nitrogens with zero attached hydrogens (tertiary/aromatic N) is 1. The molecule has 2 rings (SSSR count). The highest BCUT2D eigenvalue weighted by Gasteiger charge is 2.10. The number of ether oxygens (including phenoxy) is 2. The molecule has 0 spiro atoms. The topological polar surface area (TPSA) is 85.9 Å². The number of carbonyl (C=O) groups is 1. The predicted octanol–water partition coefficient (Wildman–Crippen LogP) is 3.58. The normalized spacial score (nSPS) is 10.6. The van der Waals surface area contributed by atoms with Gasteiger partial charge in [0.2, 0.25) is 0 Å². The summed E-state index contributed by atoms with van der Waals surface area (Å²) >= 11 is 12.3. The van der Waals surface area contributed by atoms with Crippen molar-refractivity contribution in [1.82, 2.24) is 5.43 Å². The first kappa shape index (κ1) is 17.9. The van der Waals surface area contributed by atoms with E-state index < -0.39 is 6.03 Å². The molecule has 6 nitrogen and oxygen atoms in total. The number of carbonyl (C=O) groups excluding carboxylic acids is 1. The number of rotatable bonds is 6. The number of amides is 2. The van der Waals surface area contributed by atoms with Gasteiger partial charge in [-0.25, -0.2) is 10.2 Å². The summed E-state index contributed by atoms with van der Waals surface area (Å²) in [7, 11) is 1.53. The van der Waals surface area contributed by atoms with Gasteiger partial charge >= 0.3 is 6.03 Å². The van der Waals surface area contributed by atoms with Gasteiger partial charge in [0.15, 0.2) is 11.5 Å². The molecule has 0 aliphatic heterocycles. The molecule has 2 aromatic rings. The van der Waals surface area contributed by atoms with Crippen LogP contribution in [0.1, 0.15) is 11.1 Å². The van der Waals surface area contributed by atoms with Crippen molar-refractivity contribution < 1.29 is 14.3 Å². The molecule has 0 bridgehead atoms. The Balaban J connectivity index is 2.18. The number of hydrazone groups is 1. The van der Waals surface area contributed by atoms with Crippen LogP contribution in [-0.2, 0) is 6.61 Å². The summed E-state index contributed by atoms with van der Waals surface area (Å²) in [5, 5.41) is 4.73. The van der Waals surface area contributed by atoms with Crippen LogP contribution >= 0.6 is 23.2 Å². The van der Waals surface area contributed by atoms with Crippen molar-refractivity contribution in [3.05, 3.63) is 57.6 Å². The standard InChI is InChI=1S/C16H15Cl2N3O3/c1-23-14-6-5-10(8-20-21-16(19)22)7-15(14)24-9-11-12(17)3-2-4-13(11)18/h2-8H,9H2,1H3,(H3,19,21,22)/b20-8-. The van der Waals surface area contributed by atoms with Gasteiger partial charge in [0.25, 0.3) is 0 Å². The van der Waals surface area contributed by atoms with E-state index in [1.807, 2.05) is 0 Å². The molecular formula is C16H15Cl2N3O3. The third kappa shape index (κ3) is 4.78. The smallest absolute Gasteiger partial charge is 0.332 e. The van der Waals surface area contributed by atoms with Gasteiger partial charge in [0, 0.05) is 15.6 Å². The van der Waals surface area contributed by atoms with Crippen LogP contribution in [0.25, 0.3) is 0 Å². The molecule has 0 radical (unpaired) electrons. The maximum absolute atomic E-state index is 10.6. The lowest BCUT2D eigenvalue weighted by molar-refractivity contribution is 0.249. The van der Waals surface area contributed by atoms with E-state index in [9.17, 15) is 4.79 Å². The Morgan fingerprint density at radius 2 is 1.96 bits per heavy atom. The summed E-state index contributed by atoms with van der Waals surface area (Å²) in [6, 6.07) is 9.66. The second kappa shape index (κ2) is 8.42. The van der Waals surface area contributed by atoms with Crippen molar-refractivity contribution in [1.29, 1.82) is 0 Å². The summed E-state index contributed by atoms with van der Waals surface area (Å²) in [6.07, 6.45) is 1.43. The van der Waals surface area contributed by atoms with Crippen molar-refractivity contribution >= 4 is 35.4 Å². The lowest BCUT2D eigenvalue weighted by atomic mass is 10.2. The van der Waals surface area contributed by atoms with Crippen LogP contribution in [0.3, 0.4) is 0 Å². The van der Waals surface area contributed by atoms with Crippen molar-refractivity contribution in [3.8, 4) is 11.5 Å². The molecule has 0 heterocycles. The van der Waals surface area contributed by atoms with Crippen LogP contribution in [0.5, 0.6) is 11.5 Å². The van der Waals surface area contributed by atoms with Crippen LogP contribution in [0, 0.1) is 0 Å². The van der Waals surface area contributed by atoms with E-state index in [1.54, 1.807) is 36.4 Å². The maximum Gasteiger partial charge on any atom is 0.332 e. The number of benzene rings is 2. The number of nitrogens with two attached hydrogens (primary N) is 1. The molecule has 0 saturated heterocycles. The van der Waals surface area contributed by atoms with E-state index in [0.29, 0.717) is 32.7 Å². The quantitative estimate of drug-likeness (QED) is 0.604. The van der Waals surface area contributed by atoms with Crippen molar-refractivity contribution in [2.45, 2.75) is 6.61 Å². The molecule has 126 valence electrons. The van der Waals surface area contributed by atoms with E-state index in [4.69, 9.17) is 38.4 Å². The van der Waals surface area contributed by atoms with Crippen LogP contribution in [0.4, 0.5) is 4.79 Å². The minimum atomic E-state index is -0.746. The monoisotopic (exact) mass is 367 g/mol. The van der Waals surface area contributed by atoms with Gasteiger partial charge in [-0.15, -0.1) is 0 Å². The SMILES string of the molecule is COc1ccc(/C=N\NC(N)=O)cc1OCc1c(Cl)cccc1Cl. The van der Waals surface area contributed by atoms with Gasteiger partial charge in [0.1, 0.15) is 6.61 Å². The molecule has 2 amide bonds. The van der Waals surface area contributed by atoms with E-state index in [1.165, 1.54) is 13.3 Å². The van der Waals surface area contributed by atoms with Crippen molar-refractivity contribution in [2.75, 3.05) is 7.11 Å². The molecule has 0 aromatic heterocycles. The number of primary amides is 1. The number of halogens is 2. The number of methoxy groups -OCH3 is 1. The Labute approximate surface area is 149 Å². The molecule has 0 aliphatic carbocycles. The zero-order valence-corrected chi connectivity index (χ0v) is 14.3. The lowest BCUT2D eigenvalue weighted by Crippen LogP contribution is -2.24. The molecule has 0 saturated carbocycles. The molecule has 0 atom stereocenters. The first-order valence-corrected chi connectivity index (χ1v) is 7.59. The molecule has 0 unspecified atom stereocenters.